The van der Waals surface area contributed by atoms with Crippen molar-refractivity contribution in [1.29, 1.82) is 0 Å². The Balaban J connectivity index is 2.18. The van der Waals surface area contributed by atoms with Crippen molar-refractivity contribution in [3.63, 3.8) is 0 Å². The molecule has 2 radical (unpaired) electrons. The zero-order valence-corrected chi connectivity index (χ0v) is 12.1. The second kappa shape index (κ2) is 6.41. The molecule has 0 aliphatic rings. The predicted molar refractivity (Wildman–Crippen MR) is 77.9 cm³/mol. The van der Waals surface area contributed by atoms with Gasteiger partial charge in [0.05, 0.1) is 21.2 Å². The lowest BCUT2D eigenvalue weighted by Crippen LogP contribution is -2.51. The largest absolute Gasteiger partial charge is 0.471 e. The molecule has 0 N–H and O–H groups in total. The minimum absolute atomic E-state index is 0.213. The molecule has 0 bridgehead atoms. The molecule has 1 unspecified atom stereocenters. The summed E-state index contributed by atoms with van der Waals surface area (Å²) in [6.07, 6.45) is 4.56. The van der Waals surface area contributed by atoms with Gasteiger partial charge >= 0.3 is 0 Å². The van der Waals surface area contributed by atoms with Gasteiger partial charge in [-0.2, -0.15) is 7.28 Å². The standard InChI is InChI=1S/C15H19BN2O2/c1-17-9-10-18(2)15(17)16-13(14(19)20-3)11-12-7-5-4-6-8-12/h4-10,13H,11H2,1-3H3. The van der Waals surface area contributed by atoms with E-state index in [9.17, 15) is 4.79 Å². The molecule has 0 fully saturated rings. The van der Waals surface area contributed by atoms with Crippen LogP contribution >= 0.6 is 0 Å². The average Bonchev–Trinajstić information content (AvgIpc) is 2.78. The molecule has 0 saturated carbocycles. The van der Waals surface area contributed by atoms with E-state index in [2.05, 4.69) is 0 Å². The first kappa shape index (κ1) is 14.4. The summed E-state index contributed by atoms with van der Waals surface area (Å²) in [6, 6.07) is 9.97. The topological polar surface area (TPSA) is 35.1 Å². The highest BCUT2D eigenvalue weighted by molar-refractivity contribution is 6.56. The van der Waals surface area contributed by atoms with Crippen molar-refractivity contribution in [2.45, 2.75) is 12.2 Å². The summed E-state index contributed by atoms with van der Waals surface area (Å²) >= 11 is 0. The van der Waals surface area contributed by atoms with Gasteiger partial charge in [0, 0.05) is 5.72 Å². The van der Waals surface area contributed by atoms with Crippen LogP contribution in [-0.4, -0.2) is 24.9 Å². The number of hydrogen-bond donors (Lipinski definition) is 0. The molecular formula is C15H19BN2O2. The first-order valence-corrected chi connectivity index (χ1v) is 6.59. The Hall–Kier alpha value is -2.04. The Morgan fingerprint density at radius 3 is 2.65 bits per heavy atom. The number of nitrogens with zero attached hydrogens (tertiary/aromatic N) is 2. The van der Waals surface area contributed by atoms with Crippen LogP contribution in [0.4, 0.5) is 0 Å². The normalized spacial score (nSPS) is 12.2. The maximum atomic E-state index is 12.0. The summed E-state index contributed by atoms with van der Waals surface area (Å²) in [5, 5.41) is 0. The number of carbonyl (C=O) groups is 1. The lowest BCUT2D eigenvalue weighted by Gasteiger charge is -2.24. The van der Waals surface area contributed by atoms with Gasteiger partial charge in [0.15, 0.2) is 0 Å². The van der Waals surface area contributed by atoms with E-state index in [1.165, 1.54) is 7.11 Å². The van der Waals surface area contributed by atoms with Crippen LogP contribution in [-0.2, 0) is 30.0 Å². The lowest BCUT2D eigenvalue weighted by atomic mass is 9.61. The van der Waals surface area contributed by atoms with E-state index >= 15 is 0 Å². The van der Waals surface area contributed by atoms with Gasteiger partial charge in [0.25, 0.3) is 5.97 Å². The first-order chi connectivity index (χ1) is 9.61. The molecule has 1 aromatic carbocycles. The fourth-order valence-corrected chi connectivity index (χ4v) is 2.25. The molecule has 1 heterocycles. The quantitative estimate of drug-likeness (QED) is 0.447. The van der Waals surface area contributed by atoms with Gasteiger partial charge in [-0.15, -0.1) is 5.82 Å². The van der Waals surface area contributed by atoms with Gasteiger partial charge in [0.1, 0.15) is 12.4 Å². The van der Waals surface area contributed by atoms with Gasteiger partial charge in [-0.1, -0.05) is 42.3 Å². The van der Waals surface area contributed by atoms with E-state index in [1.807, 2.05) is 73.2 Å². The molecule has 5 heteroatoms. The number of rotatable bonds is 5. The third kappa shape index (κ3) is 3.29. The van der Waals surface area contributed by atoms with Crippen molar-refractivity contribution in [3.05, 3.63) is 48.3 Å². The number of benzene rings is 1. The number of aromatic nitrogens is 2. The van der Waals surface area contributed by atoms with Crippen LogP contribution in [0.25, 0.3) is 0 Å². The summed E-state index contributed by atoms with van der Waals surface area (Å²) < 4.78 is 8.90. The fraction of sp³-hybridized carbons (Fsp3) is 0.333. The fourth-order valence-electron chi connectivity index (χ4n) is 2.25. The van der Waals surface area contributed by atoms with Crippen LogP contribution in [0.15, 0.2) is 42.7 Å². The van der Waals surface area contributed by atoms with Gasteiger partial charge in [-0.3, -0.25) is 13.9 Å². The minimum atomic E-state index is -0.290. The summed E-state index contributed by atoms with van der Waals surface area (Å²) in [6.45, 7) is 0. The van der Waals surface area contributed by atoms with Crippen LogP contribution < -0.4 is 10.3 Å². The first-order valence-electron chi connectivity index (χ1n) is 6.59. The maximum Gasteiger partial charge on any atom is 0.268 e. The molecule has 0 spiro atoms. The van der Waals surface area contributed by atoms with Crippen LogP contribution in [0.1, 0.15) is 5.56 Å². The smallest absolute Gasteiger partial charge is 0.268 e. The van der Waals surface area contributed by atoms with Crippen molar-refractivity contribution >= 4 is 19.0 Å². The van der Waals surface area contributed by atoms with Gasteiger partial charge in [-0.05, 0) is 0 Å². The highest BCUT2D eigenvalue weighted by Gasteiger charge is 2.14. The van der Waals surface area contributed by atoms with E-state index in [-0.39, 0.29) is 11.8 Å². The Morgan fingerprint density at radius 1 is 1.40 bits per heavy atom. The van der Waals surface area contributed by atoms with Crippen LogP contribution in [0.3, 0.4) is 0 Å². The number of esters is 1. The molecular weight excluding hydrogens is 251 g/mol. The molecule has 1 aromatic heterocycles. The zero-order valence-electron chi connectivity index (χ0n) is 12.1. The number of methoxy groups -OCH3 is 1. The number of carbonyl (C=O) groups excluding carboxylic acids is 1. The molecule has 20 heavy (non-hydrogen) atoms. The number of aryl methyl sites for hydroxylation is 2. The van der Waals surface area contributed by atoms with Gasteiger partial charge in [-0.25, -0.2) is 0 Å². The third-order valence-electron chi connectivity index (χ3n) is 3.39. The van der Waals surface area contributed by atoms with Crippen LogP contribution in [0.2, 0.25) is 5.82 Å². The average molecular weight is 270 g/mol. The van der Waals surface area contributed by atoms with Crippen molar-refractivity contribution in [3.8, 4) is 0 Å². The van der Waals surface area contributed by atoms with Crippen molar-refractivity contribution in [2.75, 3.05) is 7.11 Å². The SMILES string of the molecule is COC(=O)C([B-]c1n(C)cc[n+]1C)Cc1ccccc1. The van der Waals surface area contributed by atoms with E-state index < -0.39 is 0 Å². The number of hydrogen-bond acceptors (Lipinski definition) is 2. The molecule has 1 atom stereocenters. The Bertz CT molecular complexity index is 561. The molecule has 0 aliphatic carbocycles. The van der Waals surface area contributed by atoms with E-state index in [0.717, 1.165) is 11.3 Å². The zero-order chi connectivity index (χ0) is 14.5. The minimum Gasteiger partial charge on any atom is -0.471 e. The summed E-state index contributed by atoms with van der Waals surface area (Å²) in [4.78, 5) is 12.0. The molecule has 4 nitrogen and oxygen atoms in total. The molecule has 2 rings (SSSR count). The van der Waals surface area contributed by atoms with E-state index in [4.69, 9.17) is 4.74 Å². The molecule has 0 aliphatic heterocycles. The molecule has 2 aromatic rings. The molecule has 0 amide bonds. The third-order valence-corrected chi connectivity index (χ3v) is 3.39. The summed E-state index contributed by atoms with van der Waals surface area (Å²) in [7, 11) is 7.31. The van der Waals surface area contributed by atoms with Crippen molar-refractivity contribution < 1.29 is 14.1 Å². The monoisotopic (exact) mass is 270 g/mol. The van der Waals surface area contributed by atoms with Crippen molar-refractivity contribution in [2.24, 2.45) is 14.1 Å². The Morgan fingerprint density at radius 2 is 2.10 bits per heavy atom. The summed E-state index contributed by atoms with van der Waals surface area (Å²) in [5.74, 6) is -0.503. The number of imidazole rings is 1. The Kier molecular flexibility index (Phi) is 4.61. The molecule has 104 valence electrons. The second-order valence-corrected chi connectivity index (χ2v) is 4.86. The van der Waals surface area contributed by atoms with Gasteiger partial charge < -0.3 is 4.74 Å². The predicted octanol–water partition coefficient (Wildman–Crippen LogP) is 0.383. The maximum absolute atomic E-state index is 12.0. The van der Waals surface area contributed by atoms with Crippen molar-refractivity contribution in [1.82, 2.24) is 4.57 Å². The van der Waals surface area contributed by atoms with E-state index in [1.54, 1.807) is 0 Å². The highest BCUT2D eigenvalue weighted by atomic mass is 16.5. The van der Waals surface area contributed by atoms with Gasteiger partial charge in [0.2, 0.25) is 0 Å². The Labute approximate surface area is 120 Å². The highest BCUT2D eigenvalue weighted by Crippen LogP contribution is 2.14. The van der Waals surface area contributed by atoms with Crippen LogP contribution in [0, 0.1) is 0 Å². The summed E-state index contributed by atoms with van der Waals surface area (Å²) in [5.41, 5.74) is 2.10. The number of ether oxygens (including phenoxy) is 1. The van der Waals surface area contributed by atoms with Crippen LogP contribution in [0.5, 0.6) is 0 Å². The lowest BCUT2D eigenvalue weighted by molar-refractivity contribution is -0.653. The van der Waals surface area contributed by atoms with E-state index in [0.29, 0.717) is 6.42 Å². The molecule has 0 saturated heterocycles. The second-order valence-electron chi connectivity index (χ2n) is 4.86.